The van der Waals surface area contributed by atoms with Crippen LogP contribution in [-0.4, -0.2) is 49.8 Å². The number of para-hydroxylation sites is 1. The molecule has 28 heavy (non-hydrogen) atoms. The topological polar surface area (TPSA) is 24.5 Å². The maximum Gasteiger partial charge on any atom is 0.461 e. The van der Waals surface area contributed by atoms with Crippen molar-refractivity contribution in [3.63, 3.8) is 0 Å². The zero-order valence-electron chi connectivity index (χ0n) is 14.5. The van der Waals surface area contributed by atoms with Gasteiger partial charge >= 0.3 is 18.7 Å². The number of piperazine rings is 1. The lowest BCUT2D eigenvalue weighted by Crippen LogP contribution is -2.45. The molecule has 0 amide bonds. The fourth-order valence-electron chi connectivity index (χ4n) is 2.87. The molecule has 1 fully saturated rings. The van der Waals surface area contributed by atoms with Crippen molar-refractivity contribution in [3.8, 4) is 5.75 Å². The van der Waals surface area contributed by atoms with Crippen molar-refractivity contribution in [2.45, 2.75) is 37.6 Å². The van der Waals surface area contributed by atoms with Gasteiger partial charge in [0, 0.05) is 44.2 Å². The molecule has 0 bridgehead atoms. The minimum absolute atomic E-state index is 0. The standard InChI is InChI=1S/C16H19F7N2O.2ClH/c17-14(18)16(22,23)26-13-4-2-1-3-11(13)12(5-6-15(19,20)21)25-9-7-24-8-10-25;;/h1-4,12,14,24H,5-10H2;2*1H/t12-;;/m1../s1. The molecule has 1 aliphatic rings. The summed E-state index contributed by atoms with van der Waals surface area (Å²) in [7, 11) is 0. The Hall–Kier alpha value is -0.970. The highest BCUT2D eigenvalue weighted by Crippen LogP contribution is 2.38. The average molecular weight is 461 g/mol. The van der Waals surface area contributed by atoms with Gasteiger partial charge in [-0.1, -0.05) is 18.2 Å². The number of hydrogen-bond donors (Lipinski definition) is 1. The summed E-state index contributed by atoms with van der Waals surface area (Å²) in [4.78, 5) is 1.71. The van der Waals surface area contributed by atoms with Crippen molar-refractivity contribution < 1.29 is 35.5 Å². The summed E-state index contributed by atoms with van der Waals surface area (Å²) in [6.07, 6.45) is -14.7. The number of ether oxygens (including phenoxy) is 1. The van der Waals surface area contributed by atoms with E-state index in [1.54, 1.807) is 4.90 Å². The van der Waals surface area contributed by atoms with Crippen LogP contribution in [0.4, 0.5) is 30.7 Å². The van der Waals surface area contributed by atoms with Crippen molar-refractivity contribution >= 4 is 24.8 Å². The second-order valence-electron chi connectivity index (χ2n) is 5.96. The van der Waals surface area contributed by atoms with E-state index in [0.29, 0.717) is 26.2 Å². The number of rotatable bonds is 7. The molecule has 0 spiro atoms. The van der Waals surface area contributed by atoms with Crippen molar-refractivity contribution in [3.05, 3.63) is 29.8 Å². The molecule has 1 N–H and O–H groups in total. The van der Waals surface area contributed by atoms with E-state index in [0.717, 1.165) is 6.07 Å². The first kappa shape index (κ1) is 27.0. The van der Waals surface area contributed by atoms with E-state index in [9.17, 15) is 30.7 Å². The lowest BCUT2D eigenvalue weighted by atomic mass is 9.98. The molecule has 0 radical (unpaired) electrons. The van der Waals surface area contributed by atoms with Gasteiger partial charge < -0.3 is 10.1 Å². The fraction of sp³-hybridized carbons (Fsp3) is 0.625. The van der Waals surface area contributed by atoms with Crippen molar-refractivity contribution in [2.24, 2.45) is 0 Å². The molecule has 1 aromatic rings. The van der Waals surface area contributed by atoms with Crippen LogP contribution in [0.1, 0.15) is 24.4 Å². The number of nitrogens with zero attached hydrogens (tertiary/aromatic N) is 1. The lowest BCUT2D eigenvalue weighted by molar-refractivity contribution is -0.253. The van der Waals surface area contributed by atoms with E-state index in [1.807, 2.05) is 0 Å². The molecule has 12 heteroatoms. The quantitative estimate of drug-likeness (QED) is 0.575. The molecule has 1 aromatic carbocycles. The van der Waals surface area contributed by atoms with Crippen LogP contribution in [0.3, 0.4) is 0 Å². The van der Waals surface area contributed by atoms with Crippen LogP contribution in [0, 0.1) is 0 Å². The molecule has 3 nitrogen and oxygen atoms in total. The number of alkyl halides is 7. The van der Waals surface area contributed by atoms with Crippen molar-refractivity contribution in [2.75, 3.05) is 26.2 Å². The molecule has 0 saturated carbocycles. The predicted molar refractivity (Wildman–Crippen MR) is 95.0 cm³/mol. The smallest absolute Gasteiger partial charge is 0.428 e. The Balaban J connectivity index is 0.00000364. The maximum atomic E-state index is 13.3. The third kappa shape index (κ3) is 7.81. The summed E-state index contributed by atoms with van der Waals surface area (Å²) in [5, 5.41) is 3.05. The average Bonchev–Trinajstić information content (AvgIpc) is 2.56. The molecule has 1 aliphatic heterocycles. The molecule has 1 heterocycles. The predicted octanol–water partition coefficient (Wildman–Crippen LogP) is 5.06. The fourth-order valence-corrected chi connectivity index (χ4v) is 2.87. The van der Waals surface area contributed by atoms with E-state index < -0.39 is 36.9 Å². The van der Waals surface area contributed by atoms with Crippen molar-refractivity contribution in [1.29, 1.82) is 0 Å². The summed E-state index contributed by atoms with van der Waals surface area (Å²) < 4.78 is 93.8. The first-order valence-corrected chi connectivity index (χ1v) is 8.05. The largest absolute Gasteiger partial charge is 0.461 e. The molecule has 0 aliphatic carbocycles. The Labute approximate surface area is 170 Å². The SMILES string of the molecule is Cl.Cl.FC(F)C(F)(F)Oc1ccccc1[C@@H](CCC(F)(F)F)N1CCNCC1. The third-order valence-corrected chi connectivity index (χ3v) is 4.07. The van der Waals surface area contributed by atoms with Crippen LogP contribution in [0.15, 0.2) is 24.3 Å². The van der Waals surface area contributed by atoms with Gasteiger partial charge in [0.05, 0.1) is 0 Å². The third-order valence-electron chi connectivity index (χ3n) is 4.07. The van der Waals surface area contributed by atoms with Crippen LogP contribution < -0.4 is 10.1 Å². The van der Waals surface area contributed by atoms with Gasteiger partial charge in [-0.05, 0) is 12.5 Å². The van der Waals surface area contributed by atoms with Crippen LogP contribution in [0.25, 0.3) is 0 Å². The maximum absolute atomic E-state index is 13.3. The highest BCUT2D eigenvalue weighted by molar-refractivity contribution is 5.85. The Morgan fingerprint density at radius 2 is 1.57 bits per heavy atom. The number of hydrogen-bond acceptors (Lipinski definition) is 3. The first-order chi connectivity index (χ1) is 12.1. The molecule has 1 saturated heterocycles. The number of halogens is 9. The summed E-state index contributed by atoms with van der Waals surface area (Å²) in [5.74, 6) is -0.538. The number of nitrogens with one attached hydrogen (secondary N) is 1. The van der Waals surface area contributed by atoms with E-state index in [1.165, 1.54) is 18.2 Å². The van der Waals surface area contributed by atoms with Crippen LogP contribution in [0.5, 0.6) is 5.75 Å². The van der Waals surface area contributed by atoms with E-state index in [2.05, 4.69) is 10.1 Å². The summed E-state index contributed by atoms with van der Waals surface area (Å²) in [6, 6.07) is 4.28. The minimum Gasteiger partial charge on any atom is -0.428 e. The van der Waals surface area contributed by atoms with Gasteiger partial charge in [0.25, 0.3) is 0 Å². The van der Waals surface area contributed by atoms with E-state index >= 15 is 0 Å². The zero-order valence-corrected chi connectivity index (χ0v) is 16.2. The van der Waals surface area contributed by atoms with Gasteiger partial charge in [-0.15, -0.1) is 24.8 Å². The molecular weight excluding hydrogens is 440 g/mol. The highest BCUT2D eigenvalue weighted by Gasteiger charge is 2.45. The van der Waals surface area contributed by atoms with Gasteiger partial charge in [-0.25, -0.2) is 0 Å². The first-order valence-electron chi connectivity index (χ1n) is 8.05. The molecular formula is C16H21Cl2F7N2O. The Morgan fingerprint density at radius 1 is 1.00 bits per heavy atom. The summed E-state index contributed by atoms with van der Waals surface area (Å²) in [6.45, 7) is 1.86. The van der Waals surface area contributed by atoms with Crippen LogP contribution in [0.2, 0.25) is 0 Å². The number of benzene rings is 1. The monoisotopic (exact) mass is 460 g/mol. The molecule has 0 unspecified atom stereocenters. The van der Waals surface area contributed by atoms with E-state index in [4.69, 9.17) is 0 Å². The molecule has 164 valence electrons. The van der Waals surface area contributed by atoms with E-state index in [-0.39, 0.29) is 36.8 Å². The Bertz CT molecular complexity index is 584. The highest BCUT2D eigenvalue weighted by atomic mass is 35.5. The van der Waals surface area contributed by atoms with Crippen LogP contribution in [-0.2, 0) is 0 Å². The summed E-state index contributed by atoms with van der Waals surface area (Å²) in [5.41, 5.74) is 0.0407. The van der Waals surface area contributed by atoms with Crippen LogP contribution >= 0.6 is 24.8 Å². The summed E-state index contributed by atoms with van der Waals surface area (Å²) >= 11 is 0. The second kappa shape index (κ2) is 11.3. The minimum atomic E-state index is -4.73. The molecule has 0 aromatic heterocycles. The van der Waals surface area contributed by atoms with Gasteiger partial charge in [0.1, 0.15) is 5.75 Å². The van der Waals surface area contributed by atoms with Gasteiger partial charge in [-0.3, -0.25) is 4.90 Å². The van der Waals surface area contributed by atoms with Gasteiger partial charge in [-0.2, -0.15) is 30.7 Å². The molecule has 1 atom stereocenters. The normalized spacial score (nSPS) is 16.9. The Morgan fingerprint density at radius 3 is 2.11 bits per heavy atom. The Kier molecular flexibility index (Phi) is 10.9. The lowest BCUT2D eigenvalue weighted by Gasteiger charge is -2.36. The molecule has 2 rings (SSSR count). The van der Waals surface area contributed by atoms with Crippen molar-refractivity contribution in [1.82, 2.24) is 10.2 Å². The van der Waals surface area contributed by atoms with Gasteiger partial charge in [0.15, 0.2) is 0 Å². The van der Waals surface area contributed by atoms with Gasteiger partial charge in [0.2, 0.25) is 0 Å². The second-order valence-corrected chi connectivity index (χ2v) is 5.96. The zero-order chi connectivity index (χ0) is 19.4.